The highest BCUT2D eigenvalue weighted by Crippen LogP contribution is 2.33. The molecule has 0 spiro atoms. The van der Waals surface area contributed by atoms with Crippen LogP contribution in [0.5, 0.6) is 0 Å². The molecule has 0 bridgehead atoms. The van der Waals surface area contributed by atoms with E-state index in [1.807, 2.05) is 36.4 Å². The lowest BCUT2D eigenvalue weighted by Gasteiger charge is -2.07. The first kappa shape index (κ1) is 14.5. The largest absolute Gasteiger partial charge is 0.365 e. The minimum Gasteiger partial charge on any atom is -0.365 e. The van der Waals surface area contributed by atoms with Crippen molar-refractivity contribution in [2.45, 2.75) is 12.8 Å². The maximum atomic E-state index is 11.7. The van der Waals surface area contributed by atoms with Gasteiger partial charge in [-0.1, -0.05) is 60.7 Å². The summed E-state index contributed by atoms with van der Waals surface area (Å²) in [5.41, 5.74) is 10.1. The van der Waals surface area contributed by atoms with E-state index in [-0.39, 0.29) is 5.91 Å². The van der Waals surface area contributed by atoms with Gasteiger partial charge in [0.2, 0.25) is 0 Å². The molecule has 22 heavy (non-hydrogen) atoms. The van der Waals surface area contributed by atoms with Crippen molar-refractivity contribution in [2.24, 2.45) is 5.73 Å². The lowest BCUT2D eigenvalue weighted by Crippen LogP contribution is -2.10. The number of rotatable bonds is 5. The van der Waals surface area contributed by atoms with Crippen LogP contribution in [0.1, 0.15) is 20.8 Å². The summed E-state index contributed by atoms with van der Waals surface area (Å²) < 4.78 is 0. The second-order valence-corrected chi connectivity index (χ2v) is 6.06. The van der Waals surface area contributed by atoms with Crippen molar-refractivity contribution in [1.82, 2.24) is 0 Å². The molecule has 3 heteroatoms. The Bertz CT molecular complexity index is 763. The number of benzene rings is 2. The first-order valence-corrected chi connectivity index (χ1v) is 8.13. The Morgan fingerprint density at radius 2 is 1.55 bits per heavy atom. The van der Waals surface area contributed by atoms with Crippen LogP contribution in [0, 0.1) is 0 Å². The average Bonchev–Trinajstić information content (AvgIpc) is 2.99. The number of carbonyl (C=O) groups excluding carboxylic acids is 1. The van der Waals surface area contributed by atoms with Crippen LogP contribution in [0.25, 0.3) is 11.1 Å². The Labute approximate surface area is 134 Å². The molecule has 0 unspecified atom stereocenters. The molecule has 3 aromatic rings. The Morgan fingerprint density at radius 3 is 2.18 bits per heavy atom. The number of amides is 1. The van der Waals surface area contributed by atoms with Crippen molar-refractivity contribution in [3.63, 3.8) is 0 Å². The van der Waals surface area contributed by atoms with Crippen LogP contribution in [-0.2, 0) is 12.8 Å². The van der Waals surface area contributed by atoms with Crippen LogP contribution < -0.4 is 5.73 Å². The summed E-state index contributed by atoms with van der Waals surface area (Å²) in [6, 6.07) is 20.4. The number of aryl methyl sites for hydroxylation is 2. The van der Waals surface area contributed by atoms with Crippen LogP contribution >= 0.6 is 11.3 Å². The maximum absolute atomic E-state index is 11.7. The van der Waals surface area contributed by atoms with E-state index in [4.69, 9.17) is 5.73 Å². The molecule has 110 valence electrons. The van der Waals surface area contributed by atoms with Gasteiger partial charge in [-0.25, -0.2) is 0 Å². The van der Waals surface area contributed by atoms with E-state index < -0.39 is 0 Å². The average molecular weight is 307 g/mol. The summed E-state index contributed by atoms with van der Waals surface area (Å²) in [5, 5.41) is 2.06. The third-order valence-electron chi connectivity index (χ3n) is 3.68. The summed E-state index contributed by atoms with van der Waals surface area (Å²) in [4.78, 5) is 12.4. The zero-order valence-electron chi connectivity index (χ0n) is 12.2. The quantitative estimate of drug-likeness (QED) is 0.750. The van der Waals surface area contributed by atoms with Gasteiger partial charge in [-0.3, -0.25) is 4.79 Å². The summed E-state index contributed by atoms with van der Waals surface area (Å²) in [7, 11) is 0. The van der Waals surface area contributed by atoms with Gasteiger partial charge in [0.25, 0.3) is 5.91 Å². The van der Waals surface area contributed by atoms with E-state index in [1.54, 1.807) is 0 Å². The normalized spacial score (nSPS) is 10.5. The fourth-order valence-corrected chi connectivity index (χ4v) is 3.58. The van der Waals surface area contributed by atoms with Crippen LogP contribution in [0.3, 0.4) is 0 Å². The van der Waals surface area contributed by atoms with Gasteiger partial charge in [-0.15, -0.1) is 11.3 Å². The lowest BCUT2D eigenvalue weighted by molar-refractivity contribution is 0.100. The molecule has 0 aliphatic carbocycles. The number of hydrogen-bond donors (Lipinski definition) is 1. The second kappa shape index (κ2) is 6.58. The molecule has 0 aliphatic rings. The molecule has 2 N–H and O–H groups in total. The Kier molecular flexibility index (Phi) is 4.35. The maximum Gasteiger partial charge on any atom is 0.259 e. The van der Waals surface area contributed by atoms with Gasteiger partial charge in [0.05, 0.1) is 4.88 Å². The van der Waals surface area contributed by atoms with Gasteiger partial charge in [0.15, 0.2) is 0 Å². The van der Waals surface area contributed by atoms with Gasteiger partial charge >= 0.3 is 0 Å². The topological polar surface area (TPSA) is 43.1 Å². The van der Waals surface area contributed by atoms with E-state index in [9.17, 15) is 4.79 Å². The third-order valence-corrected chi connectivity index (χ3v) is 4.72. The molecule has 2 aromatic carbocycles. The van der Waals surface area contributed by atoms with E-state index in [0.29, 0.717) is 4.88 Å². The predicted octanol–water partition coefficient (Wildman–Crippen LogP) is 4.30. The standard InChI is InChI=1S/C19H17NOS/c20-19(21)18-17(15-9-5-2-6-10-15)16(13-22-18)12-11-14-7-3-1-4-8-14/h1-10,13H,11-12H2,(H2,20,21). The first-order chi connectivity index (χ1) is 10.8. The number of thiophene rings is 1. The monoisotopic (exact) mass is 307 g/mol. The highest BCUT2D eigenvalue weighted by molar-refractivity contribution is 7.12. The number of hydrogen-bond acceptors (Lipinski definition) is 2. The van der Waals surface area contributed by atoms with Crippen LogP contribution in [0.2, 0.25) is 0 Å². The highest BCUT2D eigenvalue weighted by atomic mass is 32.1. The summed E-state index contributed by atoms with van der Waals surface area (Å²) in [6.45, 7) is 0. The molecule has 0 aliphatic heterocycles. The number of primary amides is 1. The van der Waals surface area contributed by atoms with Crippen molar-refractivity contribution in [1.29, 1.82) is 0 Å². The zero-order valence-corrected chi connectivity index (χ0v) is 13.0. The van der Waals surface area contributed by atoms with Gasteiger partial charge in [0.1, 0.15) is 0 Å². The van der Waals surface area contributed by atoms with Crippen molar-refractivity contribution in [3.8, 4) is 11.1 Å². The van der Waals surface area contributed by atoms with Gasteiger partial charge in [0, 0.05) is 5.56 Å². The van der Waals surface area contributed by atoms with Crippen molar-refractivity contribution < 1.29 is 4.79 Å². The van der Waals surface area contributed by atoms with E-state index in [0.717, 1.165) is 24.0 Å². The van der Waals surface area contributed by atoms with Crippen molar-refractivity contribution in [2.75, 3.05) is 0 Å². The van der Waals surface area contributed by atoms with Gasteiger partial charge in [-0.2, -0.15) is 0 Å². The van der Waals surface area contributed by atoms with Crippen LogP contribution in [0.15, 0.2) is 66.0 Å². The Morgan fingerprint density at radius 1 is 0.909 bits per heavy atom. The first-order valence-electron chi connectivity index (χ1n) is 7.25. The molecule has 1 aromatic heterocycles. The van der Waals surface area contributed by atoms with E-state index >= 15 is 0 Å². The third kappa shape index (κ3) is 3.10. The summed E-state index contributed by atoms with van der Waals surface area (Å²) in [5.74, 6) is -0.352. The molecular formula is C19H17NOS. The predicted molar refractivity (Wildman–Crippen MR) is 92.1 cm³/mol. The molecule has 0 atom stereocenters. The molecule has 0 fully saturated rings. The van der Waals surface area contributed by atoms with Crippen LogP contribution in [-0.4, -0.2) is 5.91 Å². The SMILES string of the molecule is NC(=O)c1scc(CCc2ccccc2)c1-c1ccccc1. The zero-order chi connectivity index (χ0) is 15.4. The fourth-order valence-electron chi connectivity index (χ4n) is 2.60. The van der Waals surface area contributed by atoms with Gasteiger partial charge in [-0.05, 0) is 34.9 Å². The van der Waals surface area contributed by atoms with E-state index in [1.165, 1.54) is 22.5 Å². The molecule has 0 saturated heterocycles. The number of nitrogens with two attached hydrogens (primary N) is 1. The van der Waals surface area contributed by atoms with E-state index in [2.05, 4.69) is 29.6 Å². The Hall–Kier alpha value is -2.39. The van der Waals surface area contributed by atoms with Crippen LogP contribution in [0.4, 0.5) is 0 Å². The van der Waals surface area contributed by atoms with Gasteiger partial charge < -0.3 is 5.73 Å². The molecule has 1 heterocycles. The molecular weight excluding hydrogens is 290 g/mol. The lowest BCUT2D eigenvalue weighted by atomic mass is 9.97. The van der Waals surface area contributed by atoms with Crippen molar-refractivity contribution >= 4 is 17.2 Å². The second-order valence-electron chi connectivity index (χ2n) is 5.18. The summed E-state index contributed by atoms with van der Waals surface area (Å²) in [6.07, 6.45) is 1.85. The minimum atomic E-state index is -0.352. The molecule has 2 nitrogen and oxygen atoms in total. The fraction of sp³-hybridized carbons (Fsp3) is 0.105. The number of carbonyl (C=O) groups is 1. The summed E-state index contributed by atoms with van der Waals surface area (Å²) >= 11 is 1.44. The van der Waals surface area contributed by atoms with Crippen molar-refractivity contribution in [3.05, 3.63) is 82.0 Å². The molecule has 1 amide bonds. The molecule has 0 saturated carbocycles. The highest BCUT2D eigenvalue weighted by Gasteiger charge is 2.17. The molecule has 3 rings (SSSR count). The Balaban J connectivity index is 1.93. The minimum absolute atomic E-state index is 0.352. The smallest absolute Gasteiger partial charge is 0.259 e. The molecule has 0 radical (unpaired) electrons.